The number of hydrogen-bond acceptors (Lipinski definition) is 6. The molecule has 0 bridgehead atoms. The van der Waals surface area contributed by atoms with Crippen molar-refractivity contribution in [2.24, 2.45) is 0 Å². The summed E-state index contributed by atoms with van der Waals surface area (Å²) in [6.45, 7) is 0. The quantitative estimate of drug-likeness (QED) is 0.470. The number of nitrogens with one attached hydrogen (secondary N) is 2. The van der Waals surface area contributed by atoms with Gasteiger partial charge in [-0.05, 0) is 12.0 Å². The van der Waals surface area contributed by atoms with Gasteiger partial charge in [0.05, 0.1) is 22.9 Å². The minimum absolute atomic E-state index is 0.0105. The first-order chi connectivity index (χ1) is 9.92. The predicted octanol–water partition coefficient (Wildman–Crippen LogP) is 0.230. The third kappa shape index (κ3) is 2.96. The number of nitrogens with zero attached hydrogens (tertiary/aromatic N) is 1. The van der Waals surface area contributed by atoms with Crippen LogP contribution < -0.4 is 11.2 Å². The van der Waals surface area contributed by atoms with E-state index in [0.717, 1.165) is 6.07 Å². The summed E-state index contributed by atoms with van der Waals surface area (Å²) in [7, 11) is 1.22. The van der Waals surface area contributed by atoms with Gasteiger partial charge in [0.2, 0.25) is 0 Å². The summed E-state index contributed by atoms with van der Waals surface area (Å²) in [6, 6.07) is 2.30. The molecule has 1 aromatic carbocycles. The molecule has 1 heterocycles. The monoisotopic (exact) mass is 293 g/mol. The number of hydrogen-bond donors (Lipinski definition) is 2. The van der Waals surface area contributed by atoms with Crippen LogP contribution in [0.25, 0.3) is 10.9 Å². The van der Waals surface area contributed by atoms with Gasteiger partial charge >= 0.3 is 11.7 Å². The maximum Gasteiger partial charge on any atom is 0.326 e. The zero-order valence-corrected chi connectivity index (χ0v) is 11.0. The number of aromatic amines is 2. The number of aryl methyl sites for hydroxylation is 1. The number of H-pyrrole nitrogens is 2. The molecule has 0 radical (unpaired) electrons. The summed E-state index contributed by atoms with van der Waals surface area (Å²) < 4.78 is 4.50. The van der Waals surface area contributed by atoms with Crippen LogP contribution in [0.1, 0.15) is 12.0 Å². The van der Waals surface area contributed by atoms with E-state index >= 15 is 0 Å². The van der Waals surface area contributed by atoms with Crippen LogP contribution in [0.5, 0.6) is 0 Å². The van der Waals surface area contributed by atoms with Crippen LogP contribution >= 0.6 is 0 Å². The second-order valence-electron chi connectivity index (χ2n) is 4.27. The number of carbonyl (C=O) groups is 1. The second kappa shape index (κ2) is 5.57. The van der Waals surface area contributed by atoms with Crippen molar-refractivity contribution in [2.45, 2.75) is 12.8 Å². The second-order valence-corrected chi connectivity index (χ2v) is 4.27. The first-order valence-corrected chi connectivity index (χ1v) is 5.93. The SMILES string of the molecule is COC(=O)CCc1cc([N+](=O)[O-])cc2c(=O)[nH]c(=O)[nH]c12. The first-order valence-electron chi connectivity index (χ1n) is 5.93. The minimum atomic E-state index is -0.725. The van der Waals surface area contributed by atoms with Gasteiger partial charge in [-0.3, -0.25) is 24.7 Å². The Kier molecular flexibility index (Phi) is 3.83. The van der Waals surface area contributed by atoms with E-state index in [2.05, 4.69) is 9.72 Å². The number of ether oxygens (including phenoxy) is 1. The first kappa shape index (κ1) is 14.4. The van der Waals surface area contributed by atoms with Gasteiger partial charge in [0.1, 0.15) is 0 Å². The fourth-order valence-corrected chi connectivity index (χ4v) is 1.97. The van der Waals surface area contributed by atoms with Gasteiger partial charge in [-0.25, -0.2) is 4.79 Å². The Hall–Kier alpha value is -2.97. The Bertz CT molecular complexity index is 835. The van der Waals surface area contributed by atoms with Gasteiger partial charge in [-0.2, -0.15) is 0 Å². The fourth-order valence-electron chi connectivity index (χ4n) is 1.97. The lowest BCUT2D eigenvalue weighted by Crippen LogP contribution is -2.22. The van der Waals surface area contributed by atoms with Crippen LogP contribution in [0.4, 0.5) is 5.69 Å². The molecule has 9 nitrogen and oxygen atoms in total. The molecular formula is C12H11N3O6. The maximum atomic E-state index is 11.7. The highest BCUT2D eigenvalue weighted by Crippen LogP contribution is 2.22. The molecule has 110 valence electrons. The molecule has 9 heteroatoms. The van der Waals surface area contributed by atoms with Gasteiger partial charge in [0.15, 0.2) is 0 Å². The molecule has 0 aliphatic heterocycles. The number of rotatable bonds is 4. The number of nitro groups is 1. The lowest BCUT2D eigenvalue weighted by molar-refractivity contribution is -0.384. The summed E-state index contributed by atoms with van der Waals surface area (Å²) in [5.41, 5.74) is -1.23. The molecule has 0 atom stereocenters. The Morgan fingerprint density at radius 2 is 2.05 bits per heavy atom. The molecule has 0 aliphatic rings. The van der Waals surface area contributed by atoms with Crippen LogP contribution in [0, 0.1) is 10.1 Å². The molecular weight excluding hydrogens is 282 g/mol. The standard InChI is InChI=1S/C12H11N3O6/c1-21-9(16)3-2-6-4-7(15(19)20)5-8-10(6)13-12(18)14-11(8)17/h4-5H,2-3H2,1H3,(H2,13,14,17,18). The largest absolute Gasteiger partial charge is 0.469 e. The fraction of sp³-hybridized carbons (Fsp3) is 0.250. The molecule has 0 amide bonds. The van der Waals surface area contributed by atoms with E-state index in [9.17, 15) is 24.5 Å². The molecule has 0 saturated carbocycles. The summed E-state index contributed by atoms with van der Waals surface area (Å²) in [5.74, 6) is -0.498. The molecule has 2 rings (SSSR count). The minimum Gasteiger partial charge on any atom is -0.469 e. The highest BCUT2D eigenvalue weighted by atomic mass is 16.6. The van der Waals surface area contributed by atoms with Crippen molar-refractivity contribution in [3.8, 4) is 0 Å². The lowest BCUT2D eigenvalue weighted by atomic mass is 10.0. The van der Waals surface area contributed by atoms with E-state index in [4.69, 9.17) is 0 Å². The Morgan fingerprint density at radius 3 is 2.67 bits per heavy atom. The average molecular weight is 293 g/mol. The normalized spacial score (nSPS) is 10.5. The summed E-state index contributed by atoms with van der Waals surface area (Å²) in [6.07, 6.45) is 0.0752. The molecule has 21 heavy (non-hydrogen) atoms. The van der Waals surface area contributed by atoms with Crippen LogP contribution in [-0.2, 0) is 16.0 Å². The van der Waals surface area contributed by atoms with E-state index in [-0.39, 0.29) is 29.4 Å². The van der Waals surface area contributed by atoms with Crippen LogP contribution in [-0.4, -0.2) is 28.0 Å². The highest BCUT2D eigenvalue weighted by molar-refractivity contribution is 5.84. The van der Waals surface area contributed by atoms with E-state index in [1.807, 2.05) is 4.98 Å². The van der Waals surface area contributed by atoms with Crippen molar-refractivity contribution in [2.75, 3.05) is 7.11 Å². The number of carbonyl (C=O) groups excluding carboxylic acids is 1. The number of benzene rings is 1. The number of esters is 1. The number of non-ortho nitro benzene ring substituents is 1. The molecule has 0 unspecified atom stereocenters. The van der Waals surface area contributed by atoms with E-state index in [0.29, 0.717) is 5.56 Å². The number of fused-ring (bicyclic) bond motifs is 1. The zero-order chi connectivity index (χ0) is 15.6. The van der Waals surface area contributed by atoms with Crippen LogP contribution in [0.2, 0.25) is 0 Å². The predicted molar refractivity (Wildman–Crippen MR) is 72.2 cm³/mol. The van der Waals surface area contributed by atoms with E-state index in [1.54, 1.807) is 0 Å². The molecule has 2 aromatic rings. The summed E-state index contributed by atoms with van der Waals surface area (Å²) >= 11 is 0. The maximum absolute atomic E-state index is 11.7. The van der Waals surface area contributed by atoms with Gasteiger partial charge in [-0.1, -0.05) is 0 Å². The van der Waals surface area contributed by atoms with E-state index in [1.165, 1.54) is 13.2 Å². The van der Waals surface area contributed by atoms with Crippen molar-refractivity contribution in [1.29, 1.82) is 0 Å². The number of aromatic nitrogens is 2. The third-order valence-electron chi connectivity index (χ3n) is 2.95. The van der Waals surface area contributed by atoms with Crippen molar-refractivity contribution < 1.29 is 14.5 Å². The third-order valence-corrected chi connectivity index (χ3v) is 2.95. The Balaban J connectivity index is 2.65. The number of methoxy groups -OCH3 is 1. The smallest absolute Gasteiger partial charge is 0.326 e. The highest BCUT2D eigenvalue weighted by Gasteiger charge is 2.15. The van der Waals surface area contributed by atoms with Crippen LogP contribution in [0.3, 0.4) is 0 Å². The summed E-state index contributed by atoms with van der Waals surface area (Å²) in [4.78, 5) is 48.9. The van der Waals surface area contributed by atoms with E-state index < -0.39 is 22.1 Å². The van der Waals surface area contributed by atoms with Gasteiger partial charge in [0, 0.05) is 18.6 Å². The van der Waals surface area contributed by atoms with Gasteiger partial charge in [-0.15, -0.1) is 0 Å². The molecule has 0 aliphatic carbocycles. The van der Waals surface area contributed by atoms with Crippen molar-refractivity contribution in [1.82, 2.24) is 9.97 Å². The zero-order valence-electron chi connectivity index (χ0n) is 11.0. The van der Waals surface area contributed by atoms with Crippen molar-refractivity contribution in [3.05, 3.63) is 48.6 Å². The molecule has 1 aromatic heterocycles. The molecule has 0 fully saturated rings. The van der Waals surface area contributed by atoms with Gasteiger partial charge in [0.25, 0.3) is 11.2 Å². The molecule has 0 saturated heterocycles. The summed E-state index contributed by atoms with van der Waals surface area (Å²) in [5, 5.41) is 10.9. The molecule has 0 spiro atoms. The average Bonchev–Trinajstić information content (AvgIpc) is 2.44. The Labute approximate surface area is 116 Å². The number of nitro benzene ring substituents is 1. The molecule has 2 N–H and O–H groups in total. The Morgan fingerprint density at radius 1 is 1.33 bits per heavy atom. The van der Waals surface area contributed by atoms with Crippen molar-refractivity contribution in [3.63, 3.8) is 0 Å². The van der Waals surface area contributed by atoms with Crippen LogP contribution in [0.15, 0.2) is 21.7 Å². The topological polar surface area (TPSA) is 135 Å². The lowest BCUT2D eigenvalue weighted by Gasteiger charge is -2.05. The van der Waals surface area contributed by atoms with Crippen molar-refractivity contribution >= 4 is 22.6 Å². The van der Waals surface area contributed by atoms with Gasteiger partial charge < -0.3 is 9.72 Å².